The number of nitrogens with one attached hydrogen (secondary N) is 2. The average molecular weight is 648 g/mol. The van der Waals surface area contributed by atoms with Crippen LogP contribution in [0.3, 0.4) is 0 Å². The summed E-state index contributed by atoms with van der Waals surface area (Å²) in [6, 6.07) is 20.6. The molecule has 3 aliphatic rings. The molecule has 3 aromatic carbocycles. The molecule has 0 saturated heterocycles. The minimum atomic E-state index is -3.85. The van der Waals surface area contributed by atoms with Crippen LogP contribution in [0, 0.1) is 23.2 Å². The first-order chi connectivity index (χ1) is 21.4. The molecule has 0 aromatic heterocycles. The quantitative estimate of drug-likeness (QED) is 0.364. The SMILES string of the molecule is CS(=O)(=O)Nc1ccc2c(c1)C(NC(=O)CS(=O)(=O)c1ccccc1)CC1(CCC([C@@H]3CCc4cc(C#N)ccc4C3)CC1)O2. The summed E-state index contributed by atoms with van der Waals surface area (Å²) >= 11 is 0. The second-order valence-corrected chi connectivity index (χ2v) is 16.5. The van der Waals surface area contributed by atoms with Crippen LogP contribution in [0.25, 0.3) is 0 Å². The molecule has 11 heteroatoms. The maximum Gasteiger partial charge on any atom is 0.236 e. The van der Waals surface area contributed by atoms with Gasteiger partial charge in [-0.3, -0.25) is 9.52 Å². The van der Waals surface area contributed by atoms with Gasteiger partial charge in [-0.1, -0.05) is 24.3 Å². The number of nitrogens with zero attached hydrogens (tertiary/aromatic N) is 1. The van der Waals surface area contributed by atoms with Crippen LogP contribution in [0.2, 0.25) is 0 Å². The number of carbonyl (C=O) groups is 1. The monoisotopic (exact) mass is 647 g/mol. The zero-order valence-electron chi connectivity index (χ0n) is 25.2. The van der Waals surface area contributed by atoms with E-state index in [9.17, 15) is 26.9 Å². The van der Waals surface area contributed by atoms with E-state index in [2.05, 4.69) is 22.2 Å². The van der Waals surface area contributed by atoms with E-state index in [-0.39, 0.29) is 4.90 Å². The number of rotatable bonds is 7. The van der Waals surface area contributed by atoms with Gasteiger partial charge >= 0.3 is 0 Å². The lowest BCUT2D eigenvalue weighted by molar-refractivity contribution is -0.120. The molecule has 1 fully saturated rings. The van der Waals surface area contributed by atoms with Gasteiger partial charge in [0.25, 0.3) is 0 Å². The molecular weight excluding hydrogens is 611 g/mol. The number of fused-ring (bicyclic) bond motifs is 2. The Balaban J connectivity index is 1.20. The van der Waals surface area contributed by atoms with E-state index in [0.29, 0.717) is 40.8 Å². The largest absolute Gasteiger partial charge is 0.487 e. The number of nitriles is 1. The molecule has 9 nitrogen and oxygen atoms in total. The molecule has 2 aliphatic carbocycles. The van der Waals surface area contributed by atoms with Crippen molar-refractivity contribution in [3.8, 4) is 11.8 Å². The topological polar surface area (TPSA) is 142 Å². The van der Waals surface area contributed by atoms with Crippen molar-refractivity contribution in [2.24, 2.45) is 11.8 Å². The number of hydrogen-bond acceptors (Lipinski definition) is 7. The summed E-state index contributed by atoms with van der Waals surface area (Å²) < 4.78 is 58.9. The zero-order valence-corrected chi connectivity index (χ0v) is 26.8. The Hall–Kier alpha value is -3.88. The van der Waals surface area contributed by atoms with Crippen molar-refractivity contribution in [1.29, 1.82) is 5.26 Å². The van der Waals surface area contributed by atoms with Gasteiger partial charge in [0.15, 0.2) is 9.84 Å². The van der Waals surface area contributed by atoms with E-state index in [4.69, 9.17) is 4.74 Å². The van der Waals surface area contributed by atoms with Crippen molar-refractivity contribution in [3.63, 3.8) is 0 Å². The van der Waals surface area contributed by atoms with E-state index < -0.39 is 43.2 Å². The third-order valence-corrected chi connectivity index (χ3v) is 11.8. The number of hydrogen-bond donors (Lipinski definition) is 2. The summed E-state index contributed by atoms with van der Waals surface area (Å²) in [6.45, 7) is 0. The van der Waals surface area contributed by atoms with E-state index in [1.54, 1.807) is 36.4 Å². The summed E-state index contributed by atoms with van der Waals surface area (Å²) in [6.07, 6.45) is 8.14. The lowest BCUT2D eigenvalue weighted by Crippen LogP contribution is -2.48. The van der Waals surface area contributed by atoms with Gasteiger partial charge in [-0.05, 0) is 110 Å². The first-order valence-electron chi connectivity index (χ1n) is 15.3. The third kappa shape index (κ3) is 7.02. The van der Waals surface area contributed by atoms with Crippen molar-refractivity contribution in [2.45, 2.75) is 67.9 Å². The molecular formula is C34H37N3O6S2. The van der Waals surface area contributed by atoms with Gasteiger partial charge in [-0.15, -0.1) is 0 Å². The Morgan fingerprint density at radius 3 is 2.42 bits per heavy atom. The Labute approximate surface area is 265 Å². The first-order valence-corrected chi connectivity index (χ1v) is 18.9. The molecule has 2 atom stereocenters. The molecule has 1 amide bonds. The number of sulfone groups is 1. The minimum absolute atomic E-state index is 0.0813. The zero-order chi connectivity index (χ0) is 31.8. The maximum absolute atomic E-state index is 13.2. The van der Waals surface area contributed by atoms with Gasteiger partial charge in [0, 0.05) is 17.7 Å². The van der Waals surface area contributed by atoms with Gasteiger partial charge in [0.05, 0.1) is 28.8 Å². The minimum Gasteiger partial charge on any atom is -0.487 e. The number of sulfonamides is 1. The predicted molar refractivity (Wildman–Crippen MR) is 171 cm³/mol. The van der Waals surface area contributed by atoms with E-state index in [1.165, 1.54) is 23.3 Å². The molecule has 1 heterocycles. The van der Waals surface area contributed by atoms with Gasteiger partial charge in [-0.25, -0.2) is 16.8 Å². The van der Waals surface area contributed by atoms with Crippen molar-refractivity contribution >= 4 is 31.5 Å². The van der Waals surface area contributed by atoms with E-state index >= 15 is 0 Å². The molecule has 0 bridgehead atoms. The lowest BCUT2D eigenvalue weighted by Gasteiger charge is -2.47. The highest BCUT2D eigenvalue weighted by atomic mass is 32.2. The second kappa shape index (κ2) is 12.1. The van der Waals surface area contributed by atoms with Crippen LogP contribution in [0.4, 0.5) is 5.69 Å². The summed E-state index contributed by atoms with van der Waals surface area (Å²) in [7, 11) is -7.39. The summed E-state index contributed by atoms with van der Waals surface area (Å²) in [5.41, 5.74) is 3.75. The van der Waals surface area contributed by atoms with Crippen LogP contribution in [0.5, 0.6) is 5.75 Å². The predicted octanol–water partition coefficient (Wildman–Crippen LogP) is 5.08. The van der Waals surface area contributed by atoms with Gasteiger partial charge < -0.3 is 10.1 Å². The highest BCUT2D eigenvalue weighted by Crippen LogP contribution is 2.50. The fourth-order valence-electron chi connectivity index (χ4n) is 7.40. The van der Waals surface area contributed by atoms with Gasteiger partial charge in [0.1, 0.15) is 17.1 Å². The fourth-order valence-corrected chi connectivity index (χ4v) is 9.12. The van der Waals surface area contributed by atoms with E-state index in [1.807, 2.05) is 12.1 Å². The van der Waals surface area contributed by atoms with Crippen molar-refractivity contribution in [1.82, 2.24) is 5.32 Å². The third-order valence-electron chi connectivity index (χ3n) is 9.56. The standard InChI is InChI=1S/C34H37N3O6S2/c1-44(39,40)37-28-11-12-32-30(19-28)31(36-33(38)22-45(41,42)29-5-3-2-4-6-29)20-34(43-32)15-13-24(14-16-34)26-10-9-25-17-23(21-35)7-8-27(25)18-26/h2-8,11-12,17,19,24,26,31,37H,9-10,13-16,18,20,22H2,1H3,(H,36,38)/t24?,26-,31?,34?/m1/s1. The Bertz CT molecular complexity index is 1860. The van der Waals surface area contributed by atoms with Crippen LogP contribution in [-0.2, 0) is 37.5 Å². The summed E-state index contributed by atoms with van der Waals surface area (Å²) in [4.78, 5) is 13.3. The van der Waals surface area contributed by atoms with Crippen LogP contribution >= 0.6 is 0 Å². The summed E-state index contributed by atoms with van der Waals surface area (Å²) in [5.74, 6) is 0.341. The maximum atomic E-state index is 13.2. The Morgan fingerprint density at radius 2 is 1.71 bits per heavy atom. The molecule has 45 heavy (non-hydrogen) atoms. The van der Waals surface area contributed by atoms with E-state index in [0.717, 1.165) is 51.2 Å². The molecule has 2 N–H and O–H groups in total. The number of benzene rings is 3. The smallest absolute Gasteiger partial charge is 0.236 e. The van der Waals surface area contributed by atoms with Crippen molar-refractivity contribution < 1.29 is 26.4 Å². The van der Waals surface area contributed by atoms with Crippen LogP contribution in [0.15, 0.2) is 71.6 Å². The average Bonchev–Trinajstić information content (AvgIpc) is 3.00. The van der Waals surface area contributed by atoms with Crippen molar-refractivity contribution in [2.75, 3.05) is 16.7 Å². The highest BCUT2D eigenvalue weighted by molar-refractivity contribution is 7.92. The van der Waals surface area contributed by atoms with Gasteiger partial charge in [0.2, 0.25) is 15.9 Å². The van der Waals surface area contributed by atoms with Crippen LogP contribution in [-0.4, -0.2) is 40.4 Å². The summed E-state index contributed by atoms with van der Waals surface area (Å²) in [5, 5.41) is 12.2. The molecule has 1 saturated carbocycles. The number of aryl methyl sites for hydroxylation is 1. The fraction of sp³-hybridized carbons (Fsp3) is 0.412. The Kier molecular flexibility index (Phi) is 8.39. The van der Waals surface area contributed by atoms with Crippen molar-refractivity contribution in [3.05, 3.63) is 89.0 Å². The lowest BCUT2D eigenvalue weighted by atomic mass is 9.66. The number of amides is 1. The molecule has 236 valence electrons. The van der Waals surface area contributed by atoms with Gasteiger partial charge in [-0.2, -0.15) is 5.26 Å². The molecule has 1 spiro atoms. The molecule has 0 radical (unpaired) electrons. The number of carbonyl (C=O) groups excluding carboxylic acids is 1. The first kappa shape index (κ1) is 31.1. The number of anilines is 1. The van der Waals surface area contributed by atoms with Crippen LogP contribution in [0.1, 0.15) is 66.8 Å². The Morgan fingerprint density at radius 1 is 0.956 bits per heavy atom. The molecule has 1 aliphatic heterocycles. The number of ether oxygens (including phenoxy) is 1. The van der Waals surface area contributed by atoms with Crippen LogP contribution < -0.4 is 14.8 Å². The second-order valence-electron chi connectivity index (χ2n) is 12.7. The molecule has 1 unspecified atom stereocenters. The molecule has 6 rings (SSSR count). The highest BCUT2D eigenvalue weighted by Gasteiger charge is 2.45. The normalized spacial score (nSPS) is 24.4. The molecule has 3 aromatic rings.